The first-order valence-electron chi connectivity index (χ1n) is 6.03. The highest BCUT2D eigenvalue weighted by Crippen LogP contribution is 2.23. The van der Waals surface area contributed by atoms with Crippen LogP contribution in [0.1, 0.15) is 16.2 Å². The molecule has 4 nitrogen and oxygen atoms in total. The Morgan fingerprint density at radius 3 is 2.90 bits per heavy atom. The van der Waals surface area contributed by atoms with Gasteiger partial charge in [0.05, 0.1) is 5.69 Å². The Kier molecular flexibility index (Phi) is 3.23. The summed E-state index contributed by atoms with van der Waals surface area (Å²) in [6, 6.07) is 7.42. The fourth-order valence-corrected chi connectivity index (χ4v) is 2.94. The van der Waals surface area contributed by atoms with Crippen LogP contribution in [0.25, 0.3) is 10.9 Å². The second kappa shape index (κ2) is 4.92. The Balaban J connectivity index is 1.97. The van der Waals surface area contributed by atoms with Crippen LogP contribution in [0.15, 0.2) is 29.6 Å². The molecule has 0 radical (unpaired) electrons. The number of carbonyl (C=O) groups is 1. The van der Waals surface area contributed by atoms with Gasteiger partial charge in [0, 0.05) is 28.4 Å². The minimum absolute atomic E-state index is 0.172. The quantitative estimate of drug-likeness (QED) is 0.781. The van der Waals surface area contributed by atoms with E-state index in [9.17, 15) is 4.79 Å². The van der Waals surface area contributed by atoms with Crippen molar-refractivity contribution in [3.05, 3.63) is 46.1 Å². The highest BCUT2D eigenvalue weighted by Gasteiger charge is 2.14. The van der Waals surface area contributed by atoms with E-state index in [-0.39, 0.29) is 5.91 Å². The van der Waals surface area contributed by atoms with Crippen molar-refractivity contribution in [1.29, 1.82) is 0 Å². The van der Waals surface area contributed by atoms with E-state index in [4.69, 9.17) is 11.6 Å². The Hall–Kier alpha value is -1.85. The maximum absolute atomic E-state index is 12.3. The van der Waals surface area contributed by atoms with Crippen molar-refractivity contribution in [2.24, 2.45) is 7.05 Å². The van der Waals surface area contributed by atoms with Gasteiger partial charge in [0.1, 0.15) is 5.69 Å². The molecule has 0 aliphatic heterocycles. The van der Waals surface area contributed by atoms with E-state index in [1.54, 1.807) is 0 Å². The third-order valence-electron chi connectivity index (χ3n) is 3.08. The lowest BCUT2D eigenvalue weighted by Crippen LogP contribution is -2.15. The van der Waals surface area contributed by atoms with Crippen molar-refractivity contribution in [2.45, 2.75) is 6.92 Å². The highest BCUT2D eigenvalue weighted by molar-refractivity contribution is 7.13. The van der Waals surface area contributed by atoms with Gasteiger partial charge in [-0.25, -0.2) is 4.98 Å². The van der Waals surface area contributed by atoms with Gasteiger partial charge in [-0.3, -0.25) is 10.1 Å². The van der Waals surface area contributed by atoms with Gasteiger partial charge in [0.2, 0.25) is 0 Å². The van der Waals surface area contributed by atoms with E-state index in [2.05, 4.69) is 10.3 Å². The lowest BCUT2D eigenvalue weighted by atomic mass is 10.2. The number of fused-ring (bicyclic) bond motifs is 1. The Labute approximate surface area is 125 Å². The van der Waals surface area contributed by atoms with Crippen molar-refractivity contribution >= 4 is 44.9 Å². The molecule has 0 fully saturated rings. The number of nitrogens with one attached hydrogen (secondary N) is 1. The predicted octanol–water partition coefficient (Wildman–Crippen LogP) is 3.85. The number of hydrogen-bond acceptors (Lipinski definition) is 3. The van der Waals surface area contributed by atoms with E-state index in [0.717, 1.165) is 16.6 Å². The van der Waals surface area contributed by atoms with Crippen LogP contribution < -0.4 is 5.32 Å². The standard InChI is InChI=1S/C14H12ClN3OS/c1-8-7-20-14(16-8)17-13(19)12-5-9-3-4-10(15)6-11(9)18(12)2/h3-7H,1-2H3,(H,16,17,19). The number of rotatable bonds is 2. The van der Waals surface area contributed by atoms with E-state index in [1.165, 1.54) is 11.3 Å². The SMILES string of the molecule is Cc1csc(NC(=O)c2cc3ccc(Cl)cc3n2C)n1. The summed E-state index contributed by atoms with van der Waals surface area (Å²) in [5.74, 6) is -0.172. The lowest BCUT2D eigenvalue weighted by Gasteiger charge is -2.04. The molecule has 6 heteroatoms. The van der Waals surface area contributed by atoms with Gasteiger partial charge in [-0.05, 0) is 25.1 Å². The van der Waals surface area contributed by atoms with Crippen LogP contribution in [0.5, 0.6) is 0 Å². The molecular weight excluding hydrogens is 294 g/mol. The lowest BCUT2D eigenvalue weighted by molar-refractivity contribution is 0.101. The summed E-state index contributed by atoms with van der Waals surface area (Å²) in [6.45, 7) is 1.89. The fourth-order valence-electron chi connectivity index (χ4n) is 2.09. The maximum Gasteiger partial charge on any atom is 0.274 e. The number of amides is 1. The largest absolute Gasteiger partial charge is 0.340 e. The third kappa shape index (κ3) is 2.30. The van der Waals surface area contributed by atoms with Crippen molar-refractivity contribution in [1.82, 2.24) is 9.55 Å². The zero-order chi connectivity index (χ0) is 14.3. The average molecular weight is 306 g/mol. The molecule has 1 aromatic carbocycles. The van der Waals surface area contributed by atoms with E-state index >= 15 is 0 Å². The number of carbonyl (C=O) groups excluding carboxylic acids is 1. The molecule has 0 spiro atoms. The first kappa shape index (κ1) is 13.1. The molecule has 3 aromatic rings. The monoisotopic (exact) mass is 305 g/mol. The number of aromatic nitrogens is 2. The molecule has 1 amide bonds. The zero-order valence-electron chi connectivity index (χ0n) is 11.0. The first-order chi connectivity index (χ1) is 9.54. The number of halogens is 1. The minimum atomic E-state index is -0.172. The second-order valence-electron chi connectivity index (χ2n) is 4.54. The molecule has 3 rings (SSSR count). The molecule has 0 saturated heterocycles. The van der Waals surface area contributed by atoms with E-state index < -0.39 is 0 Å². The molecule has 102 valence electrons. The molecule has 1 N–H and O–H groups in total. The molecule has 0 aliphatic rings. The Morgan fingerprint density at radius 2 is 2.20 bits per heavy atom. The van der Waals surface area contributed by atoms with Crippen LogP contribution in [0.2, 0.25) is 5.02 Å². The fraction of sp³-hybridized carbons (Fsp3) is 0.143. The van der Waals surface area contributed by atoms with Crippen molar-refractivity contribution in [2.75, 3.05) is 5.32 Å². The average Bonchev–Trinajstić information content (AvgIpc) is 2.94. The van der Waals surface area contributed by atoms with Gasteiger partial charge >= 0.3 is 0 Å². The number of aryl methyl sites for hydroxylation is 2. The van der Waals surface area contributed by atoms with Gasteiger partial charge in [0.15, 0.2) is 5.13 Å². The summed E-state index contributed by atoms with van der Waals surface area (Å²) < 4.78 is 1.83. The molecule has 0 aliphatic carbocycles. The smallest absolute Gasteiger partial charge is 0.274 e. The number of benzene rings is 1. The van der Waals surface area contributed by atoms with Crippen LogP contribution in [0, 0.1) is 6.92 Å². The molecular formula is C14H12ClN3OS. The molecule has 0 atom stereocenters. The predicted molar refractivity (Wildman–Crippen MR) is 82.7 cm³/mol. The Bertz CT molecular complexity index is 806. The molecule has 2 aromatic heterocycles. The Morgan fingerprint density at radius 1 is 1.40 bits per heavy atom. The summed E-state index contributed by atoms with van der Waals surface area (Å²) in [4.78, 5) is 16.5. The molecule has 0 bridgehead atoms. The van der Waals surface area contributed by atoms with Gasteiger partial charge in [0.25, 0.3) is 5.91 Å². The molecule has 20 heavy (non-hydrogen) atoms. The van der Waals surface area contributed by atoms with Crippen LogP contribution in [0.4, 0.5) is 5.13 Å². The van der Waals surface area contributed by atoms with Crippen LogP contribution in [-0.4, -0.2) is 15.5 Å². The van der Waals surface area contributed by atoms with Gasteiger partial charge in [-0.1, -0.05) is 17.7 Å². The first-order valence-corrected chi connectivity index (χ1v) is 7.29. The van der Waals surface area contributed by atoms with E-state index in [1.807, 2.05) is 48.2 Å². The summed E-state index contributed by atoms with van der Waals surface area (Å²) in [5.41, 5.74) is 2.40. The topological polar surface area (TPSA) is 46.9 Å². The van der Waals surface area contributed by atoms with Crippen molar-refractivity contribution < 1.29 is 4.79 Å². The number of hydrogen-bond donors (Lipinski definition) is 1. The molecule has 2 heterocycles. The van der Waals surface area contributed by atoms with Gasteiger partial charge in [-0.15, -0.1) is 11.3 Å². The zero-order valence-corrected chi connectivity index (χ0v) is 12.5. The summed E-state index contributed by atoms with van der Waals surface area (Å²) in [5, 5.41) is 6.95. The van der Waals surface area contributed by atoms with E-state index in [0.29, 0.717) is 15.8 Å². The van der Waals surface area contributed by atoms with Crippen molar-refractivity contribution in [3.63, 3.8) is 0 Å². The molecule has 0 unspecified atom stereocenters. The van der Waals surface area contributed by atoms with Gasteiger partial charge in [-0.2, -0.15) is 0 Å². The van der Waals surface area contributed by atoms with Crippen LogP contribution >= 0.6 is 22.9 Å². The van der Waals surface area contributed by atoms with Gasteiger partial charge < -0.3 is 4.57 Å². The third-order valence-corrected chi connectivity index (χ3v) is 4.19. The normalized spacial score (nSPS) is 10.9. The van der Waals surface area contributed by atoms with Crippen molar-refractivity contribution in [3.8, 4) is 0 Å². The molecule has 0 saturated carbocycles. The summed E-state index contributed by atoms with van der Waals surface area (Å²) >= 11 is 7.40. The van der Waals surface area contributed by atoms with Crippen LogP contribution in [-0.2, 0) is 7.05 Å². The number of nitrogens with zero attached hydrogens (tertiary/aromatic N) is 2. The number of anilines is 1. The second-order valence-corrected chi connectivity index (χ2v) is 5.83. The maximum atomic E-state index is 12.3. The summed E-state index contributed by atoms with van der Waals surface area (Å²) in [6.07, 6.45) is 0. The highest BCUT2D eigenvalue weighted by atomic mass is 35.5. The summed E-state index contributed by atoms with van der Waals surface area (Å²) in [7, 11) is 1.85. The number of thiazole rings is 1. The minimum Gasteiger partial charge on any atom is -0.340 e. The van der Waals surface area contributed by atoms with Crippen LogP contribution in [0.3, 0.4) is 0 Å².